The summed E-state index contributed by atoms with van der Waals surface area (Å²) in [5.74, 6) is 0. The number of ether oxygens (including phenoxy) is 1. The number of nitrogens with one attached hydrogen (secondary N) is 1. The Balaban J connectivity index is 2.23. The lowest BCUT2D eigenvalue weighted by Gasteiger charge is -2.32. The van der Waals surface area contributed by atoms with E-state index in [0.717, 1.165) is 11.2 Å². The van der Waals surface area contributed by atoms with Crippen LogP contribution >= 0.6 is 0 Å². The molecule has 0 aliphatic carbocycles. The molecule has 0 saturated carbocycles. The molecule has 1 saturated heterocycles. The van der Waals surface area contributed by atoms with E-state index in [1.165, 1.54) is 0 Å². The Labute approximate surface area is 132 Å². The van der Waals surface area contributed by atoms with Crippen LogP contribution in [-0.4, -0.2) is 38.6 Å². The highest BCUT2D eigenvalue weighted by Crippen LogP contribution is 2.36. The van der Waals surface area contributed by atoms with Crippen LogP contribution in [0, 0.1) is 11.3 Å². The molecule has 1 fully saturated rings. The van der Waals surface area contributed by atoms with Crippen LogP contribution in [0.25, 0.3) is 0 Å². The zero-order valence-corrected chi connectivity index (χ0v) is 13.9. The van der Waals surface area contributed by atoms with Crippen molar-refractivity contribution in [1.82, 2.24) is 0 Å². The molecule has 0 atom stereocenters. The highest BCUT2D eigenvalue weighted by molar-refractivity contribution is 6.62. The van der Waals surface area contributed by atoms with Crippen molar-refractivity contribution in [3.63, 3.8) is 0 Å². The predicted octanol–water partition coefficient (Wildman–Crippen LogP) is 1.92. The molecule has 1 N–H and O–H groups in total. The van der Waals surface area contributed by atoms with Crippen molar-refractivity contribution in [2.24, 2.45) is 0 Å². The van der Waals surface area contributed by atoms with Crippen LogP contribution in [0.2, 0.25) is 0 Å². The summed E-state index contributed by atoms with van der Waals surface area (Å²) in [4.78, 5) is 0. The smallest absolute Gasteiger partial charge is 0.399 e. The standard InChI is InChI=1S/C16H23BN2O3/c1-15(2)16(3,4)22-17(21-15)13-7-6-12(11-18)14(10-13)19-8-9-20-5/h6-7,10,19H,8-9H2,1-5H3. The molecule has 1 aromatic carbocycles. The van der Waals surface area contributed by atoms with Crippen molar-refractivity contribution in [2.45, 2.75) is 38.9 Å². The molecule has 1 aliphatic rings. The third-order valence-electron chi connectivity index (χ3n) is 4.31. The van der Waals surface area contributed by atoms with Gasteiger partial charge < -0.3 is 19.4 Å². The van der Waals surface area contributed by atoms with Crippen molar-refractivity contribution in [3.8, 4) is 6.07 Å². The first-order valence-corrected chi connectivity index (χ1v) is 7.43. The van der Waals surface area contributed by atoms with E-state index in [2.05, 4.69) is 11.4 Å². The van der Waals surface area contributed by atoms with E-state index < -0.39 is 7.12 Å². The van der Waals surface area contributed by atoms with E-state index in [0.29, 0.717) is 18.7 Å². The van der Waals surface area contributed by atoms with Gasteiger partial charge in [-0.25, -0.2) is 0 Å². The molecule has 0 unspecified atom stereocenters. The maximum absolute atomic E-state index is 9.21. The van der Waals surface area contributed by atoms with Crippen LogP contribution < -0.4 is 10.8 Å². The summed E-state index contributed by atoms with van der Waals surface area (Å²) < 4.78 is 17.1. The number of hydrogen-bond donors (Lipinski definition) is 1. The van der Waals surface area contributed by atoms with E-state index in [1.54, 1.807) is 13.2 Å². The maximum atomic E-state index is 9.21. The number of nitrogens with zero attached hydrogens (tertiary/aromatic N) is 1. The average Bonchev–Trinajstić information content (AvgIpc) is 2.67. The van der Waals surface area contributed by atoms with Crippen LogP contribution in [-0.2, 0) is 14.0 Å². The fraction of sp³-hybridized carbons (Fsp3) is 0.562. The molecule has 1 aromatic rings. The third kappa shape index (κ3) is 3.27. The highest BCUT2D eigenvalue weighted by Gasteiger charge is 2.51. The number of benzene rings is 1. The largest absolute Gasteiger partial charge is 0.494 e. The summed E-state index contributed by atoms with van der Waals surface area (Å²) in [6.45, 7) is 9.30. The molecule has 0 spiro atoms. The number of anilines is 1. The number of hydrogen-bond acceptors (Lipinski definition) is 5. The van der Waals surface area contributed by atoms with E-state index >= 15 is 0 Å². The van der Waals surface area contributed by atoms with Crippen molar-refractivity contribution < 1.29 is 14.0 Å². The van der Waals surface area contributed by atoms with Crippen LogP contribution in [0.3, 0.4) is 0 Å². The molecule has 6 heteroatoms. The van der Waals surface area contributed by atoms with Gasteiger partial charge in [-0.2, -0.15) is 5.26 Å². The van der Waals surface area contributed by atoms with Crippen molar-refractivity contribution in [1.29, 1.82) is 5.26 Å². The fourth-order valence-corrected chi connectivity index (χ4v) is 2.22. The minimum Gasteiger partial charge on any atom is -0.399 e. The van der Waals surface area contributed by atoms with E-state index in [-0.39, 0.29) is 11.2 Å². The third-order valence-corrected chi connectivity index (χ3v) is 4.31. The summed E-state index contributed by atoms with van der Waals surface area (Å²) in [5.41, 5.74) is 1.51. The zero-order chi connectivity index (χ0) is 16.4. The van der Waals surface area contributed by atoms with Gasteiger partial charge in [-0.15, -0.1) is 0 Å². The van der Waals surface area contributed by atoms with Crippen molar-refractivity contribution >= 4 is 18.3 Å². The van der Waals surface area contributed by atoms with E-state index in [9.17, 15) is 5.26 Å². The second-order valence-electron chi connectivity index (χ2n) is 6.42. The van der Waals surface area contributed by atoms with Gasteiger partial charge in [0.25, 0.3) is 0 Å². The molecule has 2 rings (SSSR count). The summed E-state index contributed by atoms with van der Waals surface area (Å²) in [5, 5.41) is 12.4. The van der Waals surface area contributed by atoms with Gasteiger partial charge in [0.15, 0.2) is 0 Å². The molecule has 22 heavy (non-hydrogen) atoms. The average molecular weight is 302 g/mol. The Morgan fingerprint density at radius 1 is 1.23 bits per heavy atom. The van der Waals surface area contributed by atoms with E-state index in [4.69, 9.17) is 14.0 Å². The number of rotatable bonds is 5. The van der Waals surface area contributed by atoms with Gasteiger partial charge in [-0.3, -0.25) is 0 Å². The number of nitriles is 1. The second kappa shape index (κ2) is 6.29. The Bertz CT molecular complexity index is 565. The number of methoxy groups -OCH3 is 1. The summed E-state index contributed by atoms with van der Waals surface area (Å²) in [6.07, 6.45) is 0. The van der Waals surface area contributed by atoms with Gasteiger partial charge in [-0.1, -0.05) is 6.07 Å². The Hall–Kier alpha value is -1.55. The van der Waals surface area contributed by atoms with Gasteiger partial charge in [0, 0.05) is 13.7 Å². The SMILES string of the molecule is COCCNc1cc(B2OC(C)(C)C(C)(C)O2)ccc1C#N. The Morgan fingerprint density at radius 2 is 1.86 bits per heavy atom. The van der Waals surface area contributed by atoms with Gasteiger partial charge in [0.2, 0.25) is 0 Å². The first kappa shape index (κ1) is 16.8. The zero-order valence-electron chi connectivity index (χ0n) is 13.9. The lowest BCUT2D eigenvalue weighted by molar-refractivity contribution is 0.00578. The molecule has 0 radical (unpaired) electrons. The van der Waals surface area contributed by atoms with Gasteiger partial charge in [0.1, 0.15) is 6.07 Å². The molecule has 1 aliphatic heterocycles. The summed E-state index contributed by atoms with van der Waals surface area (Å²) in [7, 11) is 1.22. The van der Waals surface area contributed by atoms with Gasteiger partial charge >= 0.3 is 7.12 Å². The van der Waals surface area contributed by atoms with Gasteiger partial charge in [0.05, 0.1) is 29.1 Å². The predicted molar refractivity (Wildman–Crippen MR) is 87.2 cm³/mol. The van der Waals surface area contributed by atoms with Crippen LogP contribution in [0.15, 0.2) is 18.2 Å². The lowest BCUT2D eigenvalue weighted by atomic mass is 9.78. The molecule has 1 heterocycles. The maximum Gasteiger partial charge on any atom is 0.494 e. The minimum atomic E-state index is -0.430. The Morgan fingerprint density at radius 3 is 2.41 bits per heavy atom. The highest BCUT2D eigenvalue weighted by atomic mass is 16.7. The van der Waals surface area contributed by atoms with Crippen molar-refractivity contribution in [2.75, 3.05) is 25.6 Å². The van der Waals surface area contributed by atoms with Gasteiger partial charge in [-0.05, 0) is 45.3 Å². The van der Waals surface area contributed by atoms with Crippen molar-refractivity contribution in [3.05, 3.63) is 23.8 Å². The molecule has 0 aromatic heterocycles. The summed E-state index contributed by atoms with van der Waals surface area (Å²) in [6, 6.07) is 7.77. The topological polar surface area (TPSA) is 63.5 Å². The minimum absolute atomic E-state index is 0.380. The van der Waals surface area contributed by atoms with Crippen LogP contribution in [0.1, 0.15) is 33.3 Å². The Kier molecular flexibility index (Phi) is 4.81. The summed E-state index contributed by atoms with van der Waals surface area (Å²) >= 11 is 0. The molecule has 0 amide bonds. The first-order chi connectivity index (χ1) is 10.3. The molecular weight excluding hydrogens is 279 g/mol. The lowest BCUT2D eigenvalue weighted by Crippen LogP contribution is -2.41. The van der Waals surface area contributed by atoms with Crippen LogP contribution in [0.4, 0.5) is 5.69 Å². The quantitative estimate of drug-likeness (QED) is 0.665. The monoisotopic (exact) mass is 302 g/mol. The van der Waals surface area contributed by atoms with Crippen LogP contribution in [0.5, 0.6) is 0 Å². The molecule has 0 bridgehead atoms. The second-order valence-corrected chi connectivity index (χ2v) is 6.42. The molecular formula is C16H23BN2O3. The van der Waals surface area contributed by atoms with E-state index in [1.807, 2.05) is 39.8 Å². The molecule has 5 nitrogen and oxygen atoms in total. The fourth-order valence-electron chi connectivity index (χ4n) is 2.22. The normalized spacial score (nSPS) is 19.0. The first-order valence-electron chi connectivity index (χ1n) is 7.43. The molecule has 118 valence electrons.